The third-order valence-electron chi connectivity index (χ3n) is 3.33. The predicted octanol–water partition coefficient (Wildman–Crippen LogP) is 4.02. The molecule has 2 nitrogen and oxygen atoms in total. The Kier molecular flexibility index (Phi) is 5.74. The van der Waals surface area contributed by atoms with Crippen molar-refractivity contribution in [1.29, 1.82) is 0 Å². The zero-order valence-corrected chi connectivity index (χ0v) is 13.4. The molecular formula is C17H24N2S. The third kappa shape index (κ3) is 4.73. The lowest BCUT2D eigenvalue weighted by molar-refractivity contribution is 0.515. The van der Waals surface area contributed by atoms with Crippen molar-refractivity contribution < 1.29 is 0 Å². The second-order valence-corrected chi connectivity index (χ2v) is 7.03. The van der Waals surface area contributed by atoms with Crippen molar-refractivity contribution in [2.75, 3.05) is 13.1 Å². The van der Waals surface area contributed by atoms with Gasteiger partial charge in [0.1, 0.15) is 0 Å². The largest absolute Gasteiger partial charge is 0.316 e. The minimum absolute atomic E-state index is 0.523. The fourth-order valence-electron chi connectivity index (χ4n) is 2.32. The molecule has 2 rings (SSSR count). The molecule has 0 amide bonds. The van der Waals surface area contributed by atoms with E-state index in [0.717, 1.165) is 24.5 Å². The number of rotatable bonds is 7. The molecule has 2 aromatic rings. The first kappa shape index (κ1) is 15.2. The average molecular weight is 288 g/mol. The Hall–Kier alpha value is -1.19. The lowest BCUT2D eigenvalue weighted by atomic mass is 9.95. The van der Waals surface area contributed by atoms with E-state index in [2.05, 4.69) is 61.4 Å². The number of nitrogens with zero attached hydrogens (tertiary/aromatic N) is 1. The van der Waals surface area contributed by atoms with Gasteiger partial charge in [-0.05, 0) is 31.4 Å². The summed E-state index contributed by atoms with van der Waals surface area (Å²) in [4.78, 5) is 5.75. The summed E-state index contributed by atoms with van der Waals surface area (Å²) in [5, 5.41) is 4.75. The van der Waals surface area contributed by atoms with Gasteiger partial charge >= 0.3 is 0 Å². The lowest BCUT2D eigenvalue weighted by Gasteiger charge is -2.18. The van der Waals surface area contributed by atoms with Crippen LogP contribution in [0, 0.1) is 12.8 Å². The topological polar surface area (TPSA) is 24.9 Å². The van der Waals surface area contributed by atoms with E-state index in [0.29, 0.717) is 11.8 Å². The molecule has 0 fully saturated rings. The standard InChI is InChI=1S/C17H24N2S/c1-13(2)10-18-11-16(15-7-5-4-6-8-15)9-17-12-19-14(3)20-17/h4-8,12-13,16,18H,9-11H2,1-3H3. The van der Waals surface area contributed by atoms with Crippen molar-refractivity contribution in [1.82, 2.24) is 10.3 Å². The normalized spacial score (nSPS) is 12.8. The molecular weight excluding hydrogens is 264 g/mol. The number of benzene rings is 1. The highest BCUT2D eigenvalue weighted by Crippen LogP contribution is 2.23. The van der Waals surface area contributed by atoms with Gasteiger partial charge < -0.3 is 5.32 Å². The number of thiazole rings is 1. The van der Waals surface area contributed by atoms with Crippen LogP contribution < -0.4 is 5.32 Å². The molecule has 0 bridgehead atoms. The van der Waals surface area contributed by atoms with E-state index in [1.165, 1.54) is 10.4 Å². The van der Waals surface area contributed by atoms with Gasteiger partial charge in [0.15, 0.2) is 0 Å². The molecule has 1 atom stereocenters. The van der Waals surface area contributed by atoms with E-state index in [-0.39, 0.29) is 0 Å². The van der Waals surface area contributed by atoms with Crippen LogP contribution in [0.2, 0.25) is 0 Å². The van der Waals surface area contributed by atoms with Crippen molar-refractivity contribution in [3.05, 3.63) is 52.0 Å². The highest BCUT2D eigenvalue weighted by Gasteiger charge is 2.13. The molecule has 0 saturated carbocycles. The smallest absolute Gasteiger partial charge is 0.0896 e. The first-order valence-electron chi connectivity index (χ1n) is 7.32. The molecule has 1 unspecified atom stereocenters. The molecule has 0 spiro atoms. The molecule has 1 N–H and O–H groups in total. The van der Waals surface area contributed by atoms with Crippen molar-refractivity contribution in [2.45, 2.75) is 33.1 Å². The minimum atomic E-state index is 0.523. The Labute approximate surface area is 126 Å². The number of nitrogens with one attached hydrogen (secondary N) is 1. The van der Waals surface area contributed by atoms with Gasteiger partial charge in [-0.25, -0.2) is 4.98 Å². The van der Waals surface area contributed by atoms with Gasteiger partial charge in [-0.2, -0.15) is 0 Å². The second kappa shape index (κ2) is 7.55. The number of hydrogen-bond donors (Lipinski definition) is 1. The first-order valence-corrected chi connectivity index (χ1v) is 8.13. The van der Waals surface area contributed by atoms with Gasteiger partial charge in [0.25, 0.3) is 0 Å². The van der Waals surface area contributed by atoms with Crippen molar-refractivity contribution in [3.8, 4) is 0 Å². The predicted molar refractivity (Wildman–Crippen MR) is 87.4 cm³/mol. The molecule has 3 heteroatoms. The van der Waals surface area contributed by atoms with Crippen LogP contribution in [0.4, 0.5) is 0 Å². The molecule has 0 radical (unpaired) electrons. The van der Waals surface area contributed by atoms with Crippen molar-refractivity contribution in [3.63, 3.8) is 0 Å². The zero-order valence-electron chi connectivity index (χ0n) is 12.6. The highest BCUT2D eigenvalue weighted by molar-refractivity contribution is 7.11. The van der Waals surface area contributed by atoms with E-state index < -0.39 is 0 Å². The summed E-state index contributed by atoms with van der Waals surface area (Å²) >= 11 is 1.81. The maximum atomic E-state index is 4.37. The summed E-state index contributed by atoms with van der Waals surface area (Å²) in [5.41, 5.74) is 1.41. The van der Waals surface area contributed by atoms with Gasteiger partial charge in [-0.15, -0.1) is 11.3 Å². The summed E-state index contributed by atoms with van der Waals surface area (Å²) in [6, 6.07) is 10.8. The molecule has 1 heterocycles. The Morgan fingerprint density at radius 1 is 1.15 bits per heavy atom. The first-order chi connectivity index (χ1) is 9.65. The quantitative estimate of drug-likeness (QED) is 0.832. The SMILES string of the molecule is Cc1ncc(CC(CNCC(C)C)c2ccccc2)s1. The molecule has 0 aliphatic heterocycles. The van der Waals surface area contributed by atoms with Crippen LogP contribution in [0.3, 0.4) is 0 Å². The molecule has 20 heavy (non-hydrogen) atoms. The lowest BCUT2D eigenvalue weighted by Crippen LogP contribution is -2.26. The van der Waals surface area contributed by atoms with Crippen LogP contribution in [0.15, 0.2) is 36.5 Å². The summed E-state index contributed by atoms with van der Waals surface area (Å²) in [6.45, 7) is 8.67. The summed E-state index contributed by atoms with van der Waals surface area (Å²) < 4.78 is 0. The monoisotopic (exact) mass is 288 g/mol. The maximum Gasteiger partial charge on any atom is 0.0896 e. The summed E-state index contributed by atoms with van der Waals surface area (Å²) in [6.07, 6.45) is 3.10. The van der Waals surface area contributed by atoms with Crippen LogP contribution in [0.1, 0.15) is 35.2 Å². The van der Waals surface area contributed by atoms with E-state index in [1.54, 1.807) is 0 Å². The minimum Gasteiger partial charge on any atom is -0.316 e. The number of aromatic nitrogens is 1. The molecule has 0 aliphatic carbocycles. The molecule has 1 aromatic heterocycles. The van der Waals surface area contributed by atoms with E-state index >= 15 is 0 Å². The Balaban J connectivity index is 2.03. The Bertz CT molecular complexity index is 505. The van der Waals surface area contributed by atoms with Crippen LogP contribution >= 0.6 is 11.3 Å². The summed E-state index contributed by atoms with van der Waals surface area (Å²) in [7, 11) is 0. The maximum absolute atomic E-state index is 4.37. The second-order valence-electron chi connectivity index (χ2n) is 5.71. The van der Waals surface area contributed by atoms with Gasteiger partial charge in [-0.3, -0.25) is 0 Å². The van der Waals surface area contributed by atoms with Gasteiger partial charge in [0, 0.05) is 23.5 Å². The number of hydrogen-bond acceptors (Lipinski definition) is 3. The Morgan fingerprint density at radius 3 is 2.50 bits per heavy atom. The average Bonchev–Trinajstić information content (AvgIpc) is 2.84. The fraction of sp³-hybridized carbons (Fsp3) is 0.471. The van der Waals surface area contributed by atoms with Gasteiger partial charge in [0.2, 0.25) is 0 Å². The van der Waals surface area contributed by atoms with E-state index in [4.69, 9.17) is 0 Å². The van der Waals surface area contributed by atoms with Crippen LogP contribution in [0.5, 0.6) is 0 Å². The Morgan fingerprint density at radius 2 is 1.90 bits per heavy atom. The summed E-state index contributed by atoms with van der Waals surface area (Å²) in [5.74, 6) is 1.21. The molecule has 0 aliphatic rings. The van der Waals surface area contributed by atoms with E-state index in [9.17, 15) is 0 Å². The van der Waals surface area contributed by atoms with Crippen LogP contribution in [-0.2, 0) is 6.42 Å². The van der Waals surface area contributed by atoms with Gasteiger partial charge in [-0.1, -0.05) is 44.2 Å². The van der Waals surface area contributed by atoms with Crippen LogP contribution in [-0.4, -0.2) is 18.1 Å². The highest BCUT2D eigenvalue weighted by atomic mass is 32.1. The van der Waals surface area contributed by atoms with Crippen molar-refractivity contribution in [2.24, 2.45) is 5.92 Å². The van der Waals surface area contributed by atoms with Crippen molar-refractivity contribution >= 4 is 11.3 Å². The third-order valence-corrected chi connectivity index (χ3v) is 4.27. The van der Waals surface area contributed by atoms with E-state index in [1.807, 2.05) is 17.5 Å². The fourth-order valence-corrected chi connectivity index (χ4v) is 3.20. The molecule has 1 aromatic carbocycles. The number of aryl methyl sites for hydroxylation is 1. The van der Waals surface area contributed by atoms with Gasteiger partial charge in [0.05, 0.1) is 5.01 Å². The van der Waals surface area contributed by atoms with Crippen LogP contribution in [0.25, 0.3) is 0 Å². The zero-order chi connectivity index (χ0) is 14.4. The molecule has 0 saturated heterocycles. The molecule has 108 valence electrons.